The lowest BCUT2D eigenvalue weighted by Crippen LogP contribution is -2.42. The molecule has 0 aliphatic carbocycles. The molecule has 1 unspecified atom stereocenters. The third-order valence-electron chi connectivity index (χ3n) is 4.29. The number of halogens is 1. The van der Waals surface area contributed by atoms with Crippen molar-refractivity contribution >= 4 is 24.0 Å². The number of hydrogen-bond donors (Lipinski definition) is 1. The van der Waals surface area contributed by atoms with E-state index in [2.05, 4.69) is 17.3 Å². The molecule has 3 heterocycles. The van der Waals surface area contributed by atoms with Gasteiger partial charge in [0.15, 0.2) is 5.65 Å². The normalized spacial score (nSPS) is 17.0. The van der Waals surface area contributed by atoms with E-state index < -0.39 is 0 Å². The zero-order valence-electron chi connectivity index (χ0n) is 13.9. The van der Waals surface area contributed by atoms with Crippen molar-refractivity contribution in [2.24, 2.45) is 0 Å². The summed E-state index contributed by atoms with van der Waals surface area (Å²) in [6.45, 7) is 4.99. The Balaban J connectivity index is 0.00000208. The van der Waals surface area contributed by atoms with E-state index in [0.29, 0.717) is 18.6 Å². The van der Waals surface area contributed by atoms with Gasteiger partial charge in [-0.2, -0.15) is 0 Å². The molecule has 2 aromatic heterocycles. The minimum Gasteiger partial charge on any atom is -0.338 e. The zero-order chi connectivity index (χ0) is 16.2. The number of aromatic nitrogens is 3. The highest BCUT2D eigenvalue weighted by Gasteiger charge is 2.25. The Labute approximate surface area is 147 Å². The molecule has 0 radical (unpaired) electrons. The van der Waals surface area contributed by atoms with Gasteiger partial charge in [0.2, 0.25) is 5.91 Å². The maximum absolute atomic E-state index is 12.6. The second kappa shape index (κ2) is 8.30. The molecular formula is C16H24ClN5O2. The Morgan fingerprint density at radius 2 is 2.29 bits per heavy atom. The van der Waals surface area contributed by atoms with Crippen molar-refractivity contribution in [3.8, 4) is 0 Å². The third kappa shape index (κ3) is 3.79. The summed E-state index contributed by atoms with van der Waals surface area (Å²) < 4.78 is 2.87. The van der Waals surface area contributed by atoms with Crippen molar-refractivity contribution < 1.29 is 4.79 Å². The highest BCUT2D eigenvalue weighted by molar-refractivity contribution is 5.85. The topological polar surface area (TPSA) is 71.6 Å². The summed E-state index contributed by atoms with van der Waals surface area (Å²) in [5, 5.41) is 7.57. The van der Waals surface area contributed by atoms with E-state index in [1.54, 1.807) is 18.3 Å². The number of rotatable bonds is 6. The summed E-state index contributed by atoms with van der Waals surface area (Å²) in [5.74, 6) is 0.101. The van der Waals surface area contributed by atoms with Crippen molar-refractivity contribution in [2.45, 2.75) is 38.8 Å². The average molecular weight is 354 g/mol. The van der Waals surface area contributed by atoms with Crippen LogP contribution in [0.15, 0.2) is 29.2 Å². The summed E-state index contributed by atoms with van der Waals surface area (Å²) in [6.07, 6.45) is 3.94. The highest BCUT2D eigenvalue weighted by Crippen LogP contribution is 2.11. The van der Waals surface area contributed by atoms with Gasteiger partial charge in [-0.3, -0.25) is 9.20 Å². The first-order valence-corrected chi connectivity index (χ1v) is 8.25. The van der Waals surface area contributed by atoms with Crippen LogP contribution < -0.4 is 11.0 Å². The lowest BCUT2D eigenvalue weighted by molar-refractivity contribution is -0.133. The highest BCUT2D eigenvalue weighted by atomic mass is 35.5. The van der Waals surface area contributed by atoms with Crippen molar-refractivity contribution in [3.05, 3.63) is 34.9 Å². The molecule has 8 heteroatoms. The number of carbonyl (C=O) groups excluding carboxylic acids is 1. The molecule has 1 N–H and O–H groups in total. The number of fused-ring (bicyclic) bond motifs is 1. The number of nitrogens with one attached hydrogen (secondary N) is 1. The fraction of sp³-hybridized carbons (Fsp3) is 0.562. The minimum atomic E-state index is -0.196. The number of amides is 1. The van der Waals surface area contributed by atoms with Crippen LogP contribution in [0.5, 0.6) is 0 Å². The first-order chi connectivity index (χ1) is 11.2. The summed E-state index contributed by atoms with van der Waals surface area (Å²) in [6, 6.07) is 5.70. The molecule has 1 aliphatic heterocycles. The second-order valence-electron chi connectivity index (χ2n) is 5.92. The van der Waals surface area contributed by atoms with Gasteiger partial charge >= 0.3 is 5.69 Å². The van der Waals surface area contributed by atoms with Crippen LogP contribution in [-0.4, -0.2) is 50.7 Å². The SMILES string of the molecule is CCCN(C(=O)CCn1nc2ccccn2c1=O)C1CCNC1.Cl. The lowest BCUT2D eigenvalue weighted by atomic mass is 10.2. The van der Waals surface area contributed by atoms with Crippen LogP contribution in [0.25, 0.3) is 5.65 Å². The number of aryl methyl sites for hydroxylation is 1. The Morgan fingerprint density at radius 1 is 1.46 bits per heavy atom. The number of nitrogens with zero attached hydrogens (tertiary/aromatic N) is 4. The van der Waals surface area contributed by atoms with Crippen LogP contribution in [0.3, 0.4) is 0 Å². The summed E-state index contributed by atoms with van der Waals surface area (Å²) >= 11 is 0. The predicted molar refractivity (Wildman–Crippen MR) is 94.6 cm³/mol. The van der Waals surface area contributed by atoms with E-state index in [1.807, 2.05) is 11.0 Å². The van der Waals surface area contributed by atoms with Gasteiger partial charge in [0, 0.05) is 31.7 Å². The quantitative estimate of drug-likeness (QED) is 0.838. The van der Waals surface area contributed by atoms with Crippen LogP contribution in [-0.2, 0) is 11.3 Å². The third-order valence-corrected chi connectivity index (χ3v) is 4.29. The number of pyridine rings is 1. The van der Waals surface area contributed by atoms with E-state index in [0.717, 1.165) is 32.5 Å². The van der Waals surface area contributed by atoms with Gasteiger partial charge in [-0.05, 0) is 31.5 Å². The second-order valence-corrected chi connectivity index (χ2v) is 5.92. The first-order valence-electron chi connectivity index (χ1n) is 8.25. The molecule has 2 aromatic rings. The Bertz CT molecular complexity index is 735. The summed E-state index contributed by atoms with van der Waals surface area (Å²) in [7, 11) is 0. The molecule has 1 atom stereocenters. The van der Waals surface area contributed by atoms with Crippen LogP contribution in [0, 0.1) is 0 Å². The molecule has 1 saturated heterocycles. The lowest BCUT2D eigenvalue weighted by Gasteiger charge is -2.28. The van der Waals surface area contributed by atoms with Gasteiger partial charge < -0.3 is 10.2 Å². The van der Waals surface area contributed by atoms with Crippen LogP contribution >= 0.6 is 12.4 Å². The molecule has 0 saturated carbocycles. The van der Waals surface area contributed by atoms with E-state index in [4.69, 9.17) is 0 Å². The Kier molecular flexibility index (Phi) is 6.39. The van der Waals surface area contributed by atoms with E-state index >= 15 is 0 Å². The molecule has 3 rings (SSSR count). The standard InChI is InChI=1S/C16H23N5O2.ClH/c1-2-9-19(13-6-8-17-12-13)15(22)7-11-21-16(23)20-10-4-3-5-14(20)18-21;/h3-5,10,13,17H,2,6-9,11-12H2,1H3;1H. The van der Waals surface area contributed by atoms with Crippen molar-refractivity contribution in [1.82, 2.24) is 24.4 Å². The molecule has 7 nitrogen and oxygen atoms in total. The fourth-order valence-electron chi connectivity index (χ4n) is 3.12. The van der Waals surface area contributed by atoms with Gasteiger partial charge in [0.25, 0.3) is 0 Å². The van der Waals surface area contributed by atoms with Crippen molar-refractivity contribution in [1.29, 1.82) is 0 Å². The van der Waals surface area contributed by atoms with Crippen LogP contribution in [0.1, 0.15) is 26.2 Å². The van der Waals surface area contributed by atoms with Gasteiger partial charge in [0.05, 0.1) is 6.54 Å². The molecule has 0 bridgehead atoms. The monoisotopic (exact) mass is 353 g/mol. The number of hydrogen-bond acceptors (Lipinski definition) is 4. The maximum Gasteiger partial charge on any atom is 0.350 e. The molecule has 24 heavy (non-hydrogen) atoms. The molecule has 1 aliphatic rings. The first kappa shape index (κ1) is 18.5. The molecule has 1 fully saturated rings. The average Bonchev–Trinajstić information content (AvgIpc) is 3.19. The summed E-state index contributed by atoms with van der Waals surface area (Å²) in [4.78, 5) is 26.7. The van der Waals surface area contributed by atoms with Crippen LogP contribution in [0.2, 0.25) is 0 Å². The van der Waals surface area contributed by atoms with E-state index in [9.17, 15) is 9.59 Å². The maximum atomic E-state index is 12.6. The van der Waals surface area contributed by atoms with E-state index in [-0.39, 0.29) is 30.0 Å². The molecule has 0 spiro atoms. The largest absolute Gasteiger partial charge is 0.350 e. The van der Waals surface area contributed by atoms with Gasteiger partial charge in [-0.1, -0.05) is 13.0 Å². The Hall–Kier alpha value is -1.86. The fourth-order valence-corrected chi connectivity index (χ4v) is 3.12. The minimum absolute atomic E-state index is 0. The van der Waals surface area contributed by atoms with Crippen molar-refractivity contribution in [2.75, 3.05) is 19.6 Å². The zero-order valence-corrected chi connectivity index (χ0v) is 14.7. The van der Waals surface area contributed by atoms with Crippen molar-refractivity contribution in [3.63, 3.8) is 0 Å². The number of carbonyl (C=O) groups is 1. The predicted octanol–water partition coefficient (Wildman–Crippen LogP) is 0.908. The molecular weight excluding hydrogens is 330 g/mol. The molecule has 132 valence electrons. The van der Waals surface area contributed by atoms with Gasteiger partial charge in [-0.15, -0.1) is 17.5 Å². The van der Waals surface area contributed by atoms with Crippen LogP contribution in [0.4, 0.5) is 0 Å². The van der Waals surface area contributed by atoms with Gasteiger partial charge in [-0.25, -0.2) is 9.48 Å². The summed E-state index contributed by atoms with van der Waals surface area (Å²) in [5.41, 5.74) is 0.410. The molecule has 1 amide bonds. The smallest absolute Gasteiger partial charge is 0.338 e. The Morgan fingerprint density at radius 3 is 2.96 bits per heavy atom. The molecule has 0 aromatic carbocycles. The van der Waals surface area contributed by atoms with Gasteiger partial charge in [0.1, 0.15) is 0 Å². The van der Waals surface area contributed by atoms with E-state index in [1.165, 1.54) is 9.08 Å².